The lowest BCUT2D eigenvalue weighted by atomic mass is 10.0. The predicted octanol–water partition coefficient (Wildman–Crippen LogP) is 7.57. The molecular weight excluding hydrogens is 606 g/mol. The minimum Gasteiger partial charge on any atom is -0.497 e. The highest BCUT2D eigenvalue weighted by atomic mass is 32.1. The van der Waals surface area contributed by atoms with Crippen LogP contribution in [0, 0.1) is 0 Å². The first-order chi connectivity index (χ1) is 22.5. The van der Waals surface area contributed by atoms with Crippen molar-refractivity contribution >= 4 is 56.8 Å². The number of benzene rings is 4. The highest BCUT2D eigenvalue weighted by Gasteiger charge is 2.31. The Kier molecular flexibility index (Phi) is 7.59. The molecule has 10 nitrogen and oxygen atoms in total. The Balaban J connectivity index is 1.46. The maximum Gasteiger partial charge on any atom is 0.355 e. The van der Waals surface area contributed by atoms with Gasteiger partial charge in [-0.15, -0.1) is 0 Å². The average molecular weight is 634 g/mol. The van der Waals surface area contributed by atoms with E-state index >= 15 is 0 Å². The molecule has 0 aliphatic heterocycles. The molecule has 0 amide bonds. The van der Waals surface area contributed by atoms with Gasteiger partial charge < -0.3 is 28.3 Å². The number of nitrogens with zero attached hydrogens (tertiary/aromatic N) is 3. The van der Waals surface area contributed by atoms with E-state index in [-0.39, 0.29) is 18.8 Å². The zero-order valence-corrected chi connectivity index (χ0v) is 25.7. The molecule has 0 atom stereocenters. The van der Waals surface area contributed by atoms with Crippen molar-refractivity contribution in [3.05, 3.63) is 107 Å². The van der Waals surface area contributed by atoms with Crippen molar-refractivity contribution in [2.45, 2.75) is 20.1 Å². The monoisotopic (exact) mass is 633 g/mol. The van der Waals surface area contributed by atoms with E-state index in [4.69, 9.17) is 18.6 Å². The molecule has 0 aliphatic carbocycles. The third-order valence-electron chi connectivity index (χ3n) is 7.79. The lowest BCUT2D eigenvalue weighted by Crippen LogP contribution is -2.14. The van der Waals surface area contributed by atoms with E-state index in [9.17, 15) is 14.7 Å². The fourth-order valence-electron chi connectivity index (χ4n) is 5.72. The van der Waals surface area contributed by atoms with E-state index in [0.29, 0.717) is 51.6 Å². The molecule has 0 bridgehead atoms. The summed E-state index contributed by atoms with van der Waals surface area (Å²) in [6.07, 6.45) is 0. The average Bonchev–Trinajstić information content (AvgIpc) is 3.77. The van der Waals surface area contributed by atoms with Gasteiger partial charge in [-0.1, -0.05) is 36.4 Å². The first-order valence-electron chi connectivity index (χ1n) is 14.5. The number of aromatic nitrogens is 3. The minimum absolute atomic E-state index is 0.0386. The van der Waals surface area contributed by atoms with Crippen LogP contribution >= 0.6 is 11.7 Å². The van der Waals surface area contributed by atoms with Crippen molar-refractivity contribution in [3.8, 4) is 22.6 Å². The van der Waals surface area contributed by atoms with Gasteiger partial charge in [0, 0.05) is 29.1 Å². The van der Waals surface area contributed by atoms with Crippen LogP contribution in [0.3, 0.4) is 0 Å². The van der Waals surface area contributed by atoms with Crippen LogP contribution in [0.4, 0.5) is 0 Å². The lowest BCUT2D eigenvalue weighted by Gasteiger charge is -2.16. The van der Waals surface area contributed by atoms with Crippen LogP contribution in [0.2, 0.25) is 0 Å². The third-order valence-corrected chi connectivity index (χ3v) is 8.35. The number of ether oxygens (including phenoxy) is 3. The maximum atomic E-state index is 13.9. The Morgan fingerprint density at radius 1 is 0.957 bits per heavy atom. The summed E-state index contributed by atoms with van der Waals surface area (Å²) >= 11 is 1.15. The number of furan rings is 1. The molecule has 1 N–H and O–H groups in total. The number of aromatic carboxylic acids is 1. The van der Waals surface area contributed by atoms with Gasteiger partial charge in [-0.2, -0.15) is 8.75 Å². The normalized spacial score (nSPS) is 11.3. The Hall–Kier alpha value is -5.68. The van der Waals surface area contributed by atoms with Crippen LogP contribution in [0.25, 0.3) is 44.2 Å². The summed E-state index contributed by atoms with van der Waals surface area (Å²) in [5, 5.41) is 10.6. The molecule has 0 fully saturated rings. The molecule has 0 unspecified atom stereocenters. The number of fused-ring (bicyclic) bond motifs is 4. The second-order valence-electron chi connectivity index (χ2n) is 10.5. The summed E-state index contributed by atoms with van der Waals surface area (Å²) in [5.74, 6) is -0.683. The summed E-state index contributed by atoms with van der Waals surface area (Å²) in [6.45, 7) is 2.21. The molecule has 11 heteroatoms. The number of hydrogen-bond donors (Lipinski definition) is 1. The van der Waals surface area contributed by atoms with Gasteiger partial charge in [0.05, 0.1) is 42.1 Å². The highest BCUT2D eigenvalue weighted by Crippen LogP contribution is 2.45. The summed E-state index contributed by atoms with van der Waals surface area (Å²) in [7, 11) is 1.55. The van der Waals surface area contributed by atoms with Gasteiger partial charge in [-0.3, -0.25) is 0 Å². The second-order valence-corrected chi connectivity index (χ2v) is 11.0. The van der Waals surface area contributed by atoms with E-state index in [2.05, 4.69) is 8.75 Å². The molecule has 4 aromatic carbocycles. The van der Waals surface area contributed by atoms with Crippen molar-refractivity contribution < 1.29 is 33.3 Å². The first-order valence-corrected chi connectivity index (χ1v) is 15.2. The largest absolute Gasteiger partial charge is 0.497 e. The Morgan fingerprint density at radius 2 is 1.76 bits per heavy atom. The van der Waals surface area contributed by atoms with Gasteiger partial charge in [0.25, 0.3) is 0 Å². The summed E-state index contributed by atoms with van der Waals surface area (Å²) < 4.78 is 34.6. The molecule has 7 rings (SSSR count). The van der Waals surface area contributed by atoms with Gasteiger partial charge in [-0.25, -0.2) is 9.59 Å². The molecule has 0 saturated heterocycles. The smallest absolute Gasteiger partial charge is 0.355 e. The molecule has 7 aromatic rings. The van der Waals surface area contributed by atoms with Gasteiger partial charge in [-0.05, 0) is 55.0 Å². The van der Waals surface area contributed by atoms with Crippen molar-refractivity contribution in [1.29, 1.82) is 0 Å². The highest BCUT2D eigenvalue weighted by molar-refractivity contribution is 7.00. The fraction of sp³-hybridized carbons (Fsp3) is 0.143. The number of rotatable bonds is 10. The zero-order valence-electron chi connectivity index (χ0n) is 24.9. The number of carboxylic acids is 1. The van der Waals surface area contributed by atoms with Gasteiger partial charge in [0.1, 0.15) is 40.4 Å². The first kappa shape index (κ1) is 29.1. The Labute approximate surface area is 266 Å². The topological polar surface area (TPSA) is 126 Å². The number of hydrogen-bond acceptors (Lipinski definition) is 9. The van der Waals surface area contributed by atoms with E-state index in [1.807, 2.05) is 47.0 Å². The number of methoxy groups -OCH3 is 1. The van der Waals surface area contributed by atoms with E-state index < -0.39 is 11.9 Å². The van der Waals surface area contributed by atoms with Crippen molar-refractivity contribution in [2.24, 2.45) is 0 Å². The Morgan fingerprint density at radius 3 is 2.59 bits per heavy atom. The van der Waals surface area contributed by atoms with Crippen molar-refractivity contribution in [2.75, 3.05) is 13.7 Å². The predicted molar refractivity (Wildman–Crippen MR) is 174 cm³/mol. The fourth-order valence-corrected chi connectivity index (χ4v) is 6.24. The minimum atomic E-state index is -1.05. The SMILES string of the molecule is CCOC(=O)c1c(-c2ccc(OC)cc2OCc2ccccc2C(=O)O)c2oc3ccccc3c2n1Cc1ccc2nsnc2c1. The van der Waals surface area contributed by atoms with Crippen molar-refractivity contribution in [1.82, 2.24) is 13.3 Å². The quantitative estimate of drug-likeness (QED) is 0.152. The van der Waals surface area contributed by atoms with Gasteiger partial charge >= 0.3 is 11.9 Å². The van der Waals surface area contributed by atoms with Crippen LogP contribution in [-0.2, 0) is 17.9 Å². The van der Waals surface area contributed by atoms with Crippen LogP contribution in [0.1, 0.15) is 38.9 Å². The van der Waals surface area contributed by atoms with E-state index in [1.54, 1.807) is 50.4 Å². The molecule has 0 aliphatic rings. The molecule has 0 radical (unpaired) electrons. The summed E-state index contributed by atoms with van der Waals surface area (Å²) in [5.41, 5.74) is 6.32. The molecule has 3 heterocycles. The number of carbonyl (C=O) groups is 2. The van der Waals surface area contributed by atoms with E-state index in [0.717, 1.165) is 39.2 Å². The maximum absolute atomic E-state index is 13.9. The number of para-hydroxylation sites is 1. The number of esters is 1. The lowest BCUT2D eigenvalue weighted by molar-refractivity contribution is 0.0515. The van der Waals surface area contributed by atoms with Crippen LogP contribution in [0.5, 0.6) is 11.5 Å². The Bertz CT molecular complexity index is 2270. The third kappa shape index (κ3) is 5.10. The number of carboxylic acid groups (broad SMARTS) is 1. The van der Waals surface area contributed by atoms with Gasteiger partial charge in [0.2, 0.25) is 0 Å². The van der Waals surface area contributed by atoms with Gasteiger partial charge in [0.15, 0.2) is 5.58 Å². The van der Waals surface area contributed by atoms with Crippen molar-refractivity contribution in [3.63, 3.8) is 0 Å². The molecule has 0 saturated carbocycles. The second kappa shape index (κ2) is 12.0. The number of carbonyl (C=O) groups excluding carboxylic acids is 1. The molecule has 0 spiro atoms. The molecule has 3 aromatic heterocycles. The molecule has 46 heavy (non-hydrogen) atoms. The van der Waals surface area contributed by atoms with Crippen LogP contribution < -0.4 is 9.47 Å². The summed E-state index contributed by atoms with van der Waals surface area (Å²) in [6, 6.07) is 25.5. The van der Waals surface area contributed by atoms with E-state index in [1.165, 1.54) is 6.07 Å². The summed E-state index contributed by atoms with van der Waals surface area (Å²) in [4.78, 5) is 25.8. The molecular formula is C35H27N3O7S. The standard InChI is InChI=1S/C35H27N3O7S/c1-3-43-35(41)32-30(24-14-13-22(42-2)17-29(24)44-19-21-8-4-5-9-23(21)34(39)40)33-31(25-10-6-7-11-28(25)45-33)38(32)18-20-12-15-26-27(16-20)37-46-36-26/h4-17H,3,18-19H2,1-2H3,(H,39,40). The molecule has 230 valence electrons. The zero-order chi connectivity index (χ0) is 31.8. The van der Waals surface area contributed by atoms with Crippen LogP contribution in [0.15, 0.2) is 89.3 Å². The van der Waals surface area contributed by atoms with Crippen LogP contribution in [-0.4, -0.2) is 44.1 Å².